The molecule has 2 nitrogen and oxygen atoms in total. The van der Waals surface area contributed by atoms with E-state index in [2.05, 4.69) is 228 Å². The van der Waals surface area contributed by atoms with Gasteiger partial charge in [0.2, 0.25) is 0 Å². The fraction of sp³-hybridized carbons (Fsp3) is 0.0189. The molecule has 1 aliphatic carbocycles. The Morgan fingerprint density at radius 3 is 1.45 bits per heavy atom. The van der Waals surface area contributed by atoms with E-state index in [1.807, 2.05) is 0 Å². The number of fused-ring (bicyclic) bond motifs is 7. The average Bonchev–Trinajstić information content (AvgIpc) is 3.76. The third-order valence-electron chi connectivity index (χ3n) is 11.7. The molecule has 0 aliphatic heterocycles. The van der Waals surface area contributed by atoms with E-state index in [4.69, 9.17) is 0 Å². The molecule has 55 heavy (non-hydrogen) atoms. The van der Waals surface area contributed by atoms with Gasteiger partial charge in [-0.15, -0.1) is 0 Å². The van der Waals surface area contributed by atoms with E-state index >= 15 is 0 Å². The summed E-state index contributed by atoms with van der Waals surface area (Å²) in [5.41, 5.74) is 14.2. The summed E-state index contributed by atoms with van der Waals surface area (Å²) < 4.78 is 2.38. The Bertz CT molecular complexity index is 2930. The van der Waals surface area contributed by atoms with Crippen LogP contribution in [0, 0.1) is 0 Å². The van der Waals surface area contributed by atoms with Gasteiger partial charge in [-0.3, -0.25) is 0 Å². The van der Waals surface area contributed by atoms with Crippen LogP contribution in [0.25, 0.3) is 49.4 Å². The van der Waals surface area contributed by atoms with E-state index in [1.165, 1.54) is 66.0 Å². The second-order valence-electron chi connectivity index (χ2n) is 14.5. The maximum atomic E-state index is 2.39. The van der Waals surface area contributed by atoms with Gasteiger partial charge in [0, 0.05) is 33.5 Å². The lowest BCUT2D eigenvalue weighted by Gasteiger charge is -2.34. The molecule has 0 fully saturated rings. The van der Waals surface area contributed by atoms with Crippen LogP contribution in [0.15, 0.2) is 218 Å². The van der Waals surface area contributed by atoms with E-state index < -0.39 is 5.41 Å². The number of hydrogen-bond acceptors (Lipinski definition) is 1. The largest absolute Gasteiger partial charge is 0.310 e. The average molecular weight is 701 g/mol. The third-order valence-corrected chi connectivity index (χ3v) is 11.7. The molecule has 1 heterocycles. The third kappa shape index (κ3) is 4.75. The van der Waals surface area contributed by atoms with Crippen molar-refractivity contribution in [2.75, 3.05) is 4.90 Å². The molecule has 0 saturated carbocycles. The molecular formula is C53H36N2. The molecule has 2 heteroatoms. The van der Waals surface area contributed by atoms with Crippen LogP contribution in [-0.2, 0) is 5.41 Å². The van der Waals surface area contributed by atoms with Crippen molar-refractivity contribution in [3.8, 4) is 16.8 Å². The fourth-order valence-electron chi connectivity index (χ4n) is 9.29. The second-order valence-corrected chi connectivity index (χ2v) is 14.5. The smallest absolute Gasteiger partial charge is 0.0713 e. The van der Waals surface area contributed by atoms with E-state index in [1.54, 1.807) is 0 Å². The number of para-hydroxylation sites is 2. The highest BCUT2D eigenvalue weighted by Crippen LogP contribution is 2.56. The Balaban J connectivity index is 1.08. The lowest BCUT2D eigenvalue weighted by molar-refractivity contribution is 0.768. The number of aromatic nitrogens is 1. The van der Waals surface area contributed by atoms with E-state index in [0.29, 0.717) is 0 Å². The maximum Gasteiger partial charge on any atom is 0.0713 e. The zero-order valence-electron chi connectivity index (χ0n) is 30.2. The predicted molar refractivity (Wildman–Crippen MR) is 230 cm³/mol. The van der Waals surface area contributed by atoms with Crippen molar-refractivity contribution < 1.29 is 0 Å². The Kier molecular flexibility index (Phi) is 7.11. The normalized spacial score (nSPS) is 12.9. The zero-order valence-corrected chi connectivity index (χ0v) is 30.2. The molecule has 0 saturated heterocycles. The number of anilines is 3. The Hall–Kier alpha value is -7.16. The molecule has 0 amide bonds. The Morgan fingerprint density at radius 1 is 0.345 bits per heavy atom. The molecule has 9 aromatic carbocycles. The summed E-state index contributed by atoms with van der Waals surface area (Å²) in [6.07, 6.45) is 0. The Labute approximate surface area is 320 Å². The predicted octanol–water partition coefficient (Wildman–Crippen LogP) is 13.8. The molecule has 1 aromatic heterocycles. The van der Waals surface area contributed by atoms with Crippen LogP contribution < -0.4 is 4.90 Å². The van der Waals surface area contributed by atoms with Crippen LogP contribution in [0.2, 0.25) is 0 Å². The van der Waals surface area contributed by atoms with Crippen LogP contribution in [0.1, 0.15) is 22.3 Å². The van der Waals surface area contributed by atoms with Crippen LogP contribution in [-0.4, -0.2) is 4.57 Å². The summed E-state index contributed by atoms with van der Waals surface area (Å²) in [7, 11) is 0. The van der Waals surface area contributed by atoms with Gasteiger partial charge in [0.1, 0.15) is 0 Å². The fourth-order valence-corrected chi connectivity index (χ4v) is 9.29. The topological polar surface area (TPSA) is 8.17 Å². The molecule has 0 bridgehead atoms. The minimum atomic E-state index is -0.440. The van der Waals surface area contributed by atoms with E-state index in [9.17, 15) is 0 Å². The lowest BCUT2D eigenvalue weighted by Crippen LogP contribution is -2.28. The molecule has 0 spiro atoms. The first kappa shape index (κ1) is 31.4. The highest BCUT2D eigenvalue weighted by Gasteiger charge is 2.45. The number of rotatable bonds is 6. The lowest BCUT2D eigenvalue weighted by atomic mass is 9.68. The van der Waals surface area contributed by atoms with Crippen LogP contribution >= 0.6 is 0 Å². The van der Waals surface area contributed by atoms with Crippen LogP contribution in [0.3, 0.4) is 0 Å². The monoisotopic (exact) mass is 700 g/mol. The van der Waals surface area contributed by atoms with Crippen molar-refractivity contribution in [2.24, 2.45) is 0 Å². The van der Waals surface area contributed by atoms with E-state index in [0.717, 1.165) is 22.7 Å². The second kappa shape index (κ2) is 12.5. The van der Waals surface area contributed by atoms with Crippen molar-refractivity contribution >= 4 is 49.6 Å². The van der Waals surface area contributed by atoms with Gasteiger partial charge in [0.15, 0.2) is 0 Å². The first-order valence-corrected chi connectivity index (χ1v) is 19.0. The molecular weight excluding hydrogens is 665 g/mol. The summed E-state index contributed by atoms with van der Waals surface area (Å²) in [6, 6.07) is 80.0. The van der Waals surface area contributed by atoms with Crippen molar-refractivity contribution in [1.29, 1.82) is 0 Å². The van der Waals surface area contributed by atoms with E-state index in [-0.39, 0.29) is 0 Å². The molecule has 0 N–H and O–H groups in total. The summed E-state index contributed by atoms with van der Waals surface area (Å²) in [4.78, 5) is 2.39. The quantitative estimate of drug-likeness (QED) is 0.168. The molecule has 0 radical (unpaired) electrons. The van der Waals surface area contributed by atoms with Gasteiger partial charge in [0.05, 0.1) is 16.4 Å². The van der Waals surface area contributed by atoms with Crippen molar-refractivity contribution in [2.45, 2.75) is 5.41 Å². The van der Waals surface area contributed by atoms with Crippen molar-refractivity contribution in [3.05, 3.63) is 241 Å². The standard InChI is InChI=1S/C53H36N2/c1-2-16-39(17-3-1)53(49-22-10-6-18-45(49)46-19-7-11-23-50(46)53)40-27-30-41(31-28-40)54(44-29-26-37-14-4-5-15-38(37)36-44)42-32-34-43(35-33-42)55-51-24-12-8-20-47(51)48-21-9-13-25-52(48)55/h1-36H. The van der Waals surface area contributed by atoms with Crippen LogP contribution in [0.5, 0.6) is 0 Å². The van der Waals surface area contributed by atoms with Gasteiger partial charge in [0.25, 0.3) is 0 Å². The first-order valence-electron chi connectivity index (χ1n) is 19.0. The minimum Gasteiger partial charge on any atom is -0.310 e. The van der Waals surface area contributed by atoms with Gasteiger partial charge in [-0.25, -0.2) is 0 Å². The maximum absolute atomic E-state index is 2.39. The molecule has 258 valence electrons. The summed E-state index contributed by atoms with van der Waals surface area (Å²) in [5, 5.41) is 4.97. The highest BCUT2D eigenvalue weighted by molar-refractivity contribution is 6.09. The molecule has 10 aromatic rings. The molecule has 1 aliphatic rings. The van der Waals surface area contributed by atoms with Crippen molar-refractivity contribution in [1.82, 2.24) is 4.57 Å². The summed E-state index contributed by atoms with van der Waals surface area (Å²) in [5.74, 6) is 0. The minimum absolute atomic E-state index is 0.440. The summed E-state index contributed by atoms with van der Waals surface area (Å²) in [6.45, 7) is 0. The first-order chi connectivity index (χ1) is 27.3. The Morgan fingerprint density at radius 2 is 0.818 bits per heavy atom. The van der Waals surface area contributed by atoms with Crippen molar-refractivity contribution in [3.63, 3.8) is 0 Å². The zero-order chi connectivity index (χ0) is 36.3. The van der Waals surface area contributed by atoms with Gasteiger partial charge in [-0.1, -0.05) is 158 Å². The summed E-state index contributed by atoms with van der Waals surface area (Å²) >= 11 is 0. The van der Waals surface area contributed by atoms with Gasteiger partial charge < -0.3 is 9.47 Å². The number of nitrogens with zero attached hydrogens (tertiary/aromatic N) is 2. The van der Waals surface area contributed by atoms with Gasteiger partial charge in [-0.05, 0) is 105 Å². The number of benzene rings is 9. The molecule has 0 unspecified atom stereocenters. The number of hydrogen-bond donors (Lipinski definition) is 0. The SMILES string of the molecule is c1ccc(C2(c3ccc(N(c4ccc(-n5c6ccccc6c6ccccc65)cc4)c4ccc5ccccc5c4)cc3)c3ccccc3-c3ccccc32)cc1. The van der Waals surface area contributed by atoms with Gasteiger partial charge >= 0.3 is 0 Å². The van der Waals surface area contributed by atoms with Gasteiger partial charge in [-0.2, -0.15) is 0 Å². The molecule has 0 atom stereocenters. The van der Waals surface area contributed by atoms with Crippen LogP contribution in [0.4, 0.5) is 17.1 Å². The molecule has 11 rings (SSSR count). The highest BCUT2D eigenvalue weighted by atomic mass is 15.1.